The van der Waals surface area contributed by atoms with Crippen LogP contribution in [0.4, 0.5) is 4.39 Å². The number of carbonyl (C=O) groups excluding carboxylic acids is 1. The van der Waals surface area contributed by atoms with Crippen LogP contribution in [0.2, 0.25) is 0 Å². The van der Waals surface area contributed by atoms with Crippen LogP contribution < -0.4 is 5.73 Å². The van der Waals surface area contributed by atoms with E-state index in [4.69, 9.17) is 5.73 Å². The Balaban J connectivity index is 0.00000264. The first-order valence-electron chi connectivity index (χ1n) is 8.37. The molecule has 1 amide bonds. The summed E-state index contributed by atoms with van der Waals surface area (Å²) < 4.78 is 14.0. The van der Waals surface area contributed by atoms with Gasteiger partial charge in [-0.25, -0.2) is 4.39 Å². The number of nitrogens with two attached hydrogens (primary N) is 1. The molecule has 3 nitrogen and oxygen atoms in total. The quantitative estimate of drug-likeness (QED) is 0.759. The normalized spacial score (nSPS) is 20.4. The van der Waals surface area contributed by atoms with Gasteiger partial charge < -0.3 is 10.6 Å². The van der Waals surface area contributed by atoms with Crippen molar-refractivity contribution in [3.05, 3.63) is 35.6 Å². The maximum atomic E-state index is 14.0. The molecule has 0 aliphatic carbocycles. The van der Waals surface area contributed by atoms with Gasteiger partial charge in [-0.15, -0.1) is 12.4 Å². The third-order valence-electron chi connectivity index (χ3n) is 4.44. The van der Waals surface area contributed by atoms with Crippen molar-refractivity contribution in [3.63, 3.8) is 0 Å². The van der Waals surface area contributed by atoms with E-state index in [1.54, 1.807) is 12.1 Å². The van der Waals surface area contributed by atoms with Gasteiger partial charge in [0.1, 0.15) is 5.82 Å². The standard InChI is InChI=1S/C18H27FN2O.ClH/c1-14-12-17(15-8-5-6-9-16(15)19)21(13-14)18(22)10-4-2-3-7-11-20;/h5-6,8-9,14,17H,2-4,7,10-13,20H2,1H3;1H. The summed E-state index contributed by atoms with van der Waals surface area (Å²) in [6.07, 6.45) is 5.44. The monoisotopic (exact) mass is 342 g/mol. The van der Waals surface area contributed by atoms with Gasteiger partial charge in [0.2, 0.25) is 5.91 Å². The van der Waals surface area contributed by atoms with E-state index in [0.717, 1.165) is 38.6 Å². The number of hydrogen-bond acceptors (Lipinski definition) is 2. The van der Waals surface area contributed by atoms with E-state index in [9.17, 15) is 9.18 Å². The van der Waals surface area contributed by atoms with Crippen molar-refractivity contribution in [2.24, 2.45) is 11.7 Å². The summed E-state index contributed by atoms with van der Waals surface area (Å²) in [4.78, 5) is 14.4. The van der Waals surface area contributed by atoms with Gasteiger partial charge in [-0.1, -0.05) is 38.0 Å². The fraction of sp³-hybridized carbons (Fsp3) is 0.611. The molecule has 0 saturated carbocycles. The summed E-state index contributed by atoms with van der Waals surface area (Å²) in [5, 5.41) is 0. The number of amides is 1. The zero-order valence-electron chi connectivity index (χ0n) is 13.8. The van der Waals surface area contributed by atoms with E-state index in [0.29, 0.717) is 24.4 Å². The topological polar surface area (TPSA) is 46.3 Å². The Morgan fingerprint density at radius 3 is 2.65 bits per heavy atom. The number of likely N-dealkylation sites (tertiary alicyclic amines) is 1. The molecular weight excluding hydrogens is 315 g/mol. The summed E-state index contributed by atoms with van der Waals surface area (Å²) in [6.45, 7) is 3.58. The van der Waals surface area contributed by atoms with Crippen molar-refractivity contribution >= 4 is 18.3 Å². The fourth-order valence-corrected chi connectivity index (χ4v) is 3.28. The van der Waals surface area contributed by atoms with Crippen molar-refractivity contribution in [1.82, 2.24) is 4.90 Å². The highest BCUT2D eigenvalue weighted by Crippen LogP contribution is 2.36. The number of carbonyl (C=O) groups is 1. The lowest BCUT2D eigenvalue weighted by molar-refractivity contribution is -0.132. The van der Waals surface area contributed by atoms with E-state index in [1.165, 1.54) is 6.07 Å². The van der Waals surface area contributed by atoms with Gasteiger partial charge in [-0.05, 0) is 37.8 Å². The lowest BCUT2D eigenvalue weighted by Gasteiger charge is -2.25. The molecule has 2 rings (SSSR count). The van der Waals surface area contributed by atoms with Gasteiger partial charge in [0.15, 0.2) is 0 Å². The first kappa shape index (κ1) is 19.9. The molecule has 23 heavy (non-hydrogen) atoms. The molecule has 0 spiro atoms. The van der Waals surface area contributed by atoms with Crippen molar-refractivity contribution in [3.8, 4) is 0 Å². The van der Waals surface area contributed by atoms with Crippen molar-refractivity contribution in [2.45, 2.75) is 51.5 Å². The molecule has 1 aliphatic rings. The van der Waals surface area contributed by atoms with E-state index in [1.807, 2.05) is 11.0 Å². The van der Waals surface area contributed by atoms with E-state index >= 15 is 0 Å². The predicted molar refractivity (Wildman–Crippen MR) is 94.0 cm³/mol. The van der Waals surface area contributed by atoms with Crippen LogP contribution in [0.1, 0.15) is 57.1 Å². The lowest BCUT2D eigenvalue weighted by atomic mass is 10.0. The van der Waals surface area contributed by atoms with Gasteiger partial charge in [0.05, 0.1) is 6.04 Å². The molecule has 2 atom stereocenters. The van der Waals surface area contributed by atoms with Gasteiger partial charge >= 0.3 is 0 Å². The van der Waals surface area contributed by atoms with Crippen LogP contribution in [-0.4, -0.2) is 23.9 Å². The fourth-order valence-electron chi connectivity index (χ4n) is 3.28. The van der Waals surface area contributed by atoms with Gasteiger partial charge in [0, 0.05) is 18.5 Å². The van der Waals surface area contributed by atoms with Crippen LogP contribution in [0.25, 0.3) is 0 Å². The highest BCUT2D eigenvalue weighted by atomic mass is 35.5. The molecule has 0 radical (unpaired) electrons. The largest absolute Gasteiger partial charge is 0.335 e. The molecule has 1 aliphatic heterocycles. The zero-order valence-corrected chi connectivity index (χ0v) is 14.7. The number of hydrogen-bond donors (Lipinski definition) is 1. The minimum atomic E-state index is -0.206. The van der Waals surface area contributed by atoms with Gasteiger partial charge in [0.25, 0.3) is 0 Å². The second-order valence-electron chi connectivity index (χ2n) is 6.38. The third-order valence-corrected chi connectivity index (χ3v) is 4.44. The summed E-state index contributed by atoms with van der Waals surface area (Å²) in [5.74, 6) is 0.374. The van der Waals surface area contributed by atoms with Crippen LogP contribution in [0, 0.1) is 11.7 Å². The molecule has 1 fully saturated rings. The summed E-state index contributed by atoms with van der Waals surface area (Å²) >= 11 is 0. The highest BCUT2D eigenvalue weighted by molar-refractivity contribution is 5.85. The van der Waals surface area contributed by atoms with Crippen molar-refractivity contribution in [1.29, 1.82) is 0 Å². The molecule has 130 valence electrons. The number of rotatable bonds is 7. The van der Waals surface area contributed by atoms with Crippen molar-refractivity contribution in [2.75, 3.05) is 13.1 Å². The Morgan fingerprint density at radius 2 is 1.96 bits per heavy atom. The van der Waals surface area contributed by atoms with Crippen LogP contribution in [0.15, 0.2) is 24.3 Å². The molecule has 5 heteroatoms. The molecule has 2 unspecified atom stereocenters. The zero-order chi connectivity index (χ0) is 15.9. The number of benzene rings is 1. The minimum absolute atomic E-state index is 0. The van der Waals surface area contributed by atoms with Gasteiger partial charge in [-0.3, -0.25) is 4.79 Å². The maximum Gasteiger partial charge on any atom is 0.223 e. The Morgan fingerprint density at radius 1 is 1.26 bits per heavy atom. The summed E-state index contributed by atoms with van der Waals surface area (Å²) in [5.41, 5.74) is 6.13. The number of nitrogens with zero attached hydrogens (tertiary/aromatic N) is 1. The molecule has 1 heterocycles. The molecule has 1 aromatic rings. The molecule has 2 N–H and O–H groups in total. The van der Waals surface area contributed by atoms with E-state index in [-0.39, 0.29) is 30.2 Å². The molecule has 1 saturated heterocycles. The predicted octanol–water partition coefficient (Wildman–Crippen LogP) is 4.07. The first-order valence-corrected chi connectivity index (χ1v) is 8.37. The lowest BCUT2D eigenvalue weighted by Crippen LogP contribution is -2.31. The van der Waals surface area contributed by atoms with Crippen molar-refractivity contribution < 1.29 is 9.18 Å². The Labute approximate surface area is 144 Å². The van der Waals surface area contributed by atoms with E-state index in [2.05, 4.69) is 6.92 Å². The maximum absolute atomic E-state index is 14.0. The second-order valence-corrected chi connectivity index (χ2v) is 6.38. The number of unbranched alkanes of at least 4 members (excludes halogenated alkanes) is 3. The highest BCUT2D eigenvalue weighted by Gasteiger charge is 2.34. The smallest absolute Gasteiger partial charge is 0.223 e. The SMILES string of the molecule is CC1CC(c2ccccc2F)N(C(=O)CCCCCCN)C1.Cl. The van der Waals surface area contributed by atoms with Gasteiger partial charge in [-0.2, -0.15) is 0 Å². The first-order chi connectivity index (χ1) is 10.6. The Bertz CT molecular complexity index is 498. The van der Waals surface area contributed by atoms with Crippen LogP contribution in [0.3, 0.4) is 0 Å². The molecule has 0 aromatic heterocycles. The Hall–Kier alpha value is -1.13. The number of halogens is 2. The second kappa shape index (κ2) is 9.89. The third kappa shape index (κ3) is 5.47. The molecule has 0 bridgehead atoms. The van der Waals surface area contributed by atoms with Crippen LogP contribution >= 0.6 is 12.4 Å². The average molecular weight is 343 g/mol. The molecule has 1 aromatic carbocycles. The van der Waals surface area contributed by atoms with E-state index < -0.39 is 0 Å². The van der Waals surface area contributed by atoms with Crippen LogP contribution in [-0.2, 0) is 4.79 Å². The minimum Gasteiger partial charge on any atom is -0.335 e. The summed E-state index contributed by atoms with van der Waals surface area (Å²) in [7, 11) is 0. The average Bonchev–Trinajstić information content (AvgIpc) is 2.89. The van der Waals surface area contributed by atoms with Crippen LogP contribution in [0.5, 0.6) is 0 Å². The molecular formula is C18H28ClFN2O. The Kier molecular flexibility index (Phi) is 8.56. The summed E-state index contributed by atoms with van der Waals surface area (Å²) in [6, 6.07) is 6.72.